The van der Waals surface area contributed by atoms with E-state index < -0.39 is 5.60 Å². The minimum absolute atomic E-state index is 0.190. The number of likely N-dealkylation sites (tertiary alicyclic amines) is 1. The van der Waals surface area contributed by atoms with Gasteiger partial charge in [-0.05, 0) is 26.3 Å². The zero-order chi connectivity index (χ0) is 21.3. The van der Waals surface area contributed by atoms with Gasteiger partial charge in [0.05, 0.1) is 30.9 Å². The van der Waals surface area contributed by atoms with Crippen molar-refractivity contribution in [1.29, 1.82) is 0 Å². The van der Waals surface area contributed by atoms with Crippen LogP contribution in [0.25, 0.3) is 0 Å². The van der Waals surface area contributed by atoms with Gasteiger partial charge in [0, 0.05) is 13.0 Å². The molecular weight excluding hydrogens is 384 g/mol. The second-order valence-corrected chi connectivity index (χ2v) is 8.90. The molecule has 160 valence electrons. The normalized spacial score (nSPS) is 16.6. The van der Waals surface area contributed by atoms with Crippen LogP contribution in [0.3, 0.4) is 0 Å². The average Bonchev–Trinajstić information content (AvgIpc) is 3.07. The number of benzene rings is 1. The van der Waals surface area contributed by atoms with Crippen molar-refractivity contribution in [3.05, 3.63) is 53.3 Å². The molecule has 0 radical (unpaired) electrons. The quantitative estimate of drug-likeness (QED) is 0.785. The van der Waals surface area contributed by atoms with Crippen molar-refractivity contribution < 1.29 is 23.7 Å². The van der Waals surface area contributed by atoms with Crippen molar-refractivity contribution in [3.63, 3.8) is 0 Å². The van der Waals surface area contributed by atoms with Crippen LogP contribution in [0.2, 0.25) is 0 Å². The molecule has 1 saturated heterocycles. The van der Waals surface area contributed by atoms with Gasteiger partial charge >= 0.3 is 12.2 Å². The summed E-state index contributed by atoms with van der Waals surface area (Å²) in [6.45, 7) is 8.27. The van der Waals surface area contributed by atoms with Crippen LogP contribution in [0, 0.1) is 0 Å². The molecule has 0 spiro atoms. The molecule has 0 bridgehead atoms. The fourth-order valence-electron chi connectivity index (χ4n) is 3.66. The SMILES string of the molecule is CC(C)(C)OC(=O)N1CCc2[nH][n+](C3CN(C(=O)OCc4ccccc4)C3)cc2C1. The highest BCUT2D eigenvalue weighted by Crippen LogP contribution is 2.22. The van der Waals surface area contributed by atoms with Crippen LogP contribution in [0.4, 0.5) is 9.59 Å². The molecule has 3 heterocycles. The maximum atomic E-state index is 12.3. The van der Waals surface area contributed by atoms with Crippen molar-refractivity contribution in [1.82, 2.24) is 14.9 Å². The largest absolute Gasteiger partial charge is 0.445 e. The maximum absolute atomic E-state index is 12.3. The number of fused-ring (bicyclic) bond motifs is 1. The highest BCUT2D eigenvalue weighted by molar-refractivity contribution is 5.69. The summed E-state index contributed by atoms with van der Waals surface area (Å²) in [5, 5.41) is 3.42. The summed E-state index contributed by atoms with van der Waals surface area (Å²) in [5.74, 6) is 0. The van der Waals surface area contributed by atoms with E-state index in [0.29, 0.717) is 26.2 Å². The number of carbonyl (C=O) groups excluding carboxylic acids is 2. The third-order valence-electron chi connectivity index (χ3n) is 5.31. The molecule has 0 unspecified atom stereocenters. The Balaban J connectivity index is 1.28. The minimum atomic E-state index is -0.500. The van der Waals surface area contributed by atoms with E-state index in [-0.39, 0.29) is 24.8 Å². The molecule has 1 aromatic heterocycles. The predicted molar refractivity (Wildman–Crippen MR) is 109 cm³/mol. The standard InChI is InChI=1S/C22H28N4O4/c1-22(2,3)30-21(28)24-10-9-19-17(11-24)12-26(23-19)18-13-25(14-18)20(27)29-15-16-7-5-4-6-8-16/h4-8,12,18H,9-11,13-15H2,1-3H3/p+1. The highest BCUT2D eigenvalue weighted by atomic mass is 16.6. The first-order chi connectivity index (χ1) is 14.3. The summed E-state index contributed by atoms with van der Waals surface area (Å²) in [4.78, 5) is 28.0. The first-order valence-electron chi connectivity index (χ1n) is 10.3. The summed E-state index contributed by atoms with van der Waals surface area (Å²) < 4.78 is 12.9. The molecule has 0 saturated carbocycles. The van der Waals surface area contributed by atoms with Crippen LogP contribution < -0.4 is 4.68 Å². The number of rotatable bonds is 3. The number of hydrogen-bond donors (Lipinski definition) is 1. The lowest BCUT2D eigenvalue weighted by Gasteiger charge is -2.33. The van der Waals surface area contributed by atoms with Gasteiger partial charge in [0.2, 0.25) is 12.2 Å². The lowest BCUT2D eigenvalue weighted by molar-refractivity contribution is -0.782. The summed E-state index contributed by atoms with van der Waals surface area (Å²) in [7, 11) is 0. The summed E-state index contributed by atoms with van der Waals surface area (Å²) in [6.07, 6.45) is 2.24. The van der Waals surface area contributed by atoms with E-state index in [1.54, 1.807) is 9.80 Å². The van der Waals surface area contributed by atoms with Crippen molar-refractivity contribution in [2.45, 2.75) is 52.0 Å². The Morgan fingerprint density at radius 1 is 1.13 bits per heavy atom. The first-order valence-corrected chi connectivity index (χ1v) is 10.3. The van der Waals surface area contributed by atoms with Crippen LogP contribution in [-0.2, 0) is 29.0 Å². The van der Waals surface area contributed by atoms with E-state index in [2.05, 4.69) is 5.10 Å². The Morgan fingerprint density at radius 2 is 1.87 bits per heavy atom. The molecule has 8 nitrogen and oxygen atoms in total. The van der Waals surface area contributed by atoms with Gasteiger partial charge in [0.15, 0.2) is 0 Å². The number of aromatic amines is 1. The third kappa shape index (κ3) is 4.58. The maximum Gasteiger partial charge on any atom is 0.410 e. The average molecular weight is 413 g/mol. The van der Waals surface area contributed by atoms with Gasteiger partial charge in [-0.25, -0.2) is 9.59 Å². The van der Waals surface area contributed by atoms with Gasteiger partial charge in [-0.3, -0.25) is 4.90 Å². The number of nitrogens with zero attached hydrogens (tertiary/aromatic N) is 3. The Hall–Kier alpha value is -3.03. The number of hydrogen-bond acceptors (Lipinski definition) is 4. The number of aromatic nitrogens is 2. The molecule has 1 fully saturated rings. The van der Waals surface area contributed by atoms with E-state index in [9.17, 15) is 9.59 Å². The molecule has 30 heavy (non-hydrogen) atoms. The minimum Gasteiger partial charge on any atom is -0.445 e. The Morgan fingerprint density at radius 3 is 2.57 bits per heavy atom. The van der Waals surface area contributed by atoms with Crippen molar-refractivity contribution in [2.24, 2.45) is 0 Å². The predicted octanol–water partition coefficient (Wildman–Crippen LogP) is 2.79. The van der Waals surface area contributed by atoms with Crippen LogP contribution in [0.1, 0.15) is 43.6 Å². The van der Waals surface area contributed by atoms with E-state index in [4.69, 9.17) is 9.47 Å². The molecule has 1 N–H and O–H groups in total. The first kappa shape index (κ1) is 20.3. The third-order valence-corrected chi connectivity index (χ3v) is 5.31. The zero-order valence-corrected chi connectivity index (χ0v) is 17.8. The molecule has 2 aliphatic rings. The lowest BCUT2D eigenvalue weighted by atomic mass is 10.1. The lowest BCUT2D eigenvalue weighted by Crippen LogP contribution is -2.61. The molecule has 2 amide bonds. The summed E-state index contributed by atoms with van der Waals surface area (Å²) >= 11 is 0. The van der Waals surface area contributed by atoms with E-state index >= 15 is 0 Å². The molecule has 1 aromatic carbocycles. The zero-order valence-electron chi connectivity index (χ0n) is 17.8. The molecule has 0 atom stereocenters. The van der Waals surface area contributed by atoms with Gasteiger partial charge in [0.1, 0.15) is 12.2 Å². The van der Waals surface area contributed by atoms with Gasteiger partial charge in [-0.1, -0.05) is 30.3 Å². The molecule has 0 aliphatic carbocycles. The number of nitrogens with one attached hydrogen (secondary N) is 1. The van der Waals surface area contributed by atoms with Crippen molar-refractivity contribution in [3.8, 4) is 0 Å². The van der Waals surface area contributed by atoms with Gasteiger partial charge < -0.3 is 14.4 Å². The smallest absolute Gasteiger partial charge is 0.410 e. The Labute approximate surface area is 176 Å². The summed E-state index contributed by atoms with van der Waals surface area (Å²) in [6, 6.07) is 9.85. The Bertz CT molecular complexity index is 913. The van der Waals surface area contributed by atoms with Crippen molar-refractivity contribution >= 4 is 12.2 Å². The number of amides is 2. The second kappa shape index (κ2) is 8.01. The van der Waals surface area contributed by atoms with E-state index in [1.807, 2.05) is 62.0 Å². The van der Waals surface area contributed by atoms with Crippen molar-refractivity contribution in [2.75, 3.05) is 19.6 Å². The molecule has 8 heteroatoms. The van der Waals surface area contributed by atoms with Crippen LogP contribution in [0.15, 0.2) is 36.5 Å². The molecule has 2 aromatic rings. The van der Waals surface area contributed by atoms with E-state index in [1.165, 1.54) is 0 Å². The van der Waals surface area contributed by atoms with Crippen LogP contribution in [0.5, 0.6) is 0 Å². The van der Waals surface area contributed by atoms with Crippen LogP contribution in [-0.4, -0.2) is 52.3 Å². The molecular formula is C22H29N4O4+. The topological polar surface area (TPSA) is 78.8 Å². The fraction of sp³-hybridized carbons (Fsp3) is 0.500. The van der Waals surface area contributed by atoms with Gasteiger partial charge in [-0.15, -0.1) is 4.68 Å². The molecule has 2 aliphatic heterocycles. The number of ether oxygens (including phenoxy) is 2. The van der Waals surface area contributed by atoms with Gasteiger partial charge in [-0.2, -0.15) is 5.10 Å². The second-order valence-electron chi connectivity index (χ2n) is 8.90. The fourth-order valence-corrected chi connectivity index (χ4v) is 3.66. The van der Waals surface area contributed by atoms with Crippen LogP contribution >= 0.6 is 0 Å². The molecule has 4 rings (SSSR count). The number of carbonyl (C=O) groups is 2. The monoisotopic (exact) mass is 413 g/mol. The summed E-state index contributed by atoms with van der Waals surface area (Å²) in [5.41, 5.74) is 2.71. The Kier molecular flexibility index (Phi) is 5.40. The van der Waals surface area contributed by atoms with Gasteiger partial charge in [0.25, 0.3) is 0 Å². The number of H-pyrrole nitrogens is 1. The van der Waals surface area contributed by atoms with E-state index in [0.717, 1.165) is 23.2 Å². The highest BCUT2D eigenvalue weighted by Gasteiger charge is 2.41.